The molecule has 6 nitrogen and oxygen atoms in total. The zero-order valence-corrected chi connectivity index (χ0v) is 17.2. The predicted molar refractivity (Wildman–Crippen MR) is 103 cm³/mol. The van der Waals surface area contributed by atoms with Gasteiger partial charge in [0.2, 0.25) is 5.91 Å². The molecule has 0 aliphatic rings. The van der Waals surface area contributed by atoms with Crippen LogP contribution in [-0.4, -0.2) is 45.0 Å². The van der Waals surface area contributed by atoms with E-state index in [4.69, 9.17) is 0 Å². The SMILES string of the molecule is CN(CCCC(=O)NCc1ccc(OCC(F)(F)F)cc1)S(=O)(=O)c1cccs1. The fourth-order valence-electron chi connectivity index (χ4n) is 2.30. The molecule has 0 atom stereocenters. The summed E-state index contributed by atoms with van der Waals surface area (Å²) in [5, 5.41) is 4.37. The summed E-state index contributed by atoms with van der Waals surface area (Å²) in [5.41, 5.74) is 0.704. The molecule has 1 heterocycles. The first-order valence-corrected chi connectivity index (χ1v) is 10.9. The molecule has 0 radical (unpaired) electrons. The Bertz CT molecular complexity index is 883. The fourth-order valence-corrected chi connectivity index (χ4v) is 4.71. The van der Waals surface area contributed by atoms with Crippen molar-refractivity contribution in [1.82, 2.24) is 9.62 Å². The standard InChI is InChI=1S/C18H21F3N2O4S2/c1-23(29(25,26)17-5-3-11-28-17)10-2-4-16(24)22-12-14-6-8-15(9-7-14)27-13-18(19,20)21/h3,5-9,11H,2,4,10,12-13H2,1H3,(H,22,24). The smallest absolute Gasteiger partial charge is 0.422 e. The Morgan fingerprint density at radius 2 is 1.90 bits per heavy atom. The number of thiophene rings is 1. The van der Waals surface area contributed by atoms with Gasteiger partial charge in [0.15, 0.2) is 6.61 Å². The third kappa shape index (κ3) is 7.67. The monoisotopic (exact) mass is 450 g/mol. The lowest BCUT2D eigenvalue weighted by Gasteiger charge is -2.15. The molecule has 0 aliphatic carbocycles. The van der Waals surface area contributed by atoms with Gasteiger partial charge in [-0.2, -0.15) is 13.2 Å². The maximum Gasteiger partial charge on any atom is 0.422 e. The van der Waals surface area contributed by atoms with Crippen molar-refractivity contribution in [3.05, 3.63) is 47.3 Å². The third-order valence-corrected chi connectivity index (χ3v) is 7.08. The van der Waals surface area contributed by atoms with E-state index in [1.165, 1.54) is 29.6 Å². The normalized spacial score (nSPS) is 12.2. The Morgan fingerprint density at radius 3 is 2.48 bits per heavy atom. The Labute approximate surface area is 171 Å². The molecule has 0 bridgehead atoms. The van der Waals surface area contributed by atoms with Crippen molar-refractivity contribution < 1.29 is 31.1 Å². The van der Waals surface area contributed by atoms with E-state index in [2.05, 4.69) is 10.1 Å². The lowest BCUT2D eigenvalue weighted by atomic mass is 10.2. The van der Waals surface area contributed by atoms with Crippen molar-refractivity contribution in [3.63, 3.8) is 0 Å². The van der Waals surface area contributed by atoms with E-state index >= 15 is 0 Å². The number of halogens is 3. The Balaban J connectivity index is 1.70. The summed E-state index contributed by atoms with van der Waals surface area (Å²) in [5.74, 6) is -0.156. The van der Waals surface area contributed by atoms with Crippen molar-refractivity contribution >= 4 is 27.3 Å². The molecule has 0 unspecified atom stereocenters. The van der Waals surface area contributed by atoms with Crippen LogP contribution < -0.4 is 10.1 Å². The van der Waals surface area contributed by atoms with Gasteiger partial charge in [-0.1, -0.05) is 18.2 Å². The second kappa shape index (κ2) is 10.1. The number of hydrogen-bond acceptors (Lipinski definition) is 5. The summed E-state index contributed by atoms with van der Waals surface area (Å²) < 4.78 is 67.0. The van der Waals surface area contributed by atoms with Gasteiger partial charge >= 0.3 is 6.18 Å². The minimum Gasteiger partial charge on any atom is -0.484 e. The molecular formula is C18H21F3N2O4S2. The second-order valence-electron chi connectivity index (χ2n) is 6.19. The first kappa shape index (κ1) is 23.2. The largest absolute Gasteiger partial charge is 0.484 e. The Morgan fingerprint density at radius 1 is 1.21 bits per heavy atom. The number of sulfonamides is 1. The molecule has 0 saturated carbocycles. The van der Waals surface area contributed by atoms with E-state index in [1.54, 1.807) is 23.6 Å². The Kier molecular flexibility index (Phi) is 8.05. The molecule has 0 aliphatic heterocycles. The molecular weight excluding hydrogens is 429 g/mol. The quantitative estimate of drug-likeness (QED) is 0.602. The number of nitrogens with zero attached hydrogens (tertiary/aromatic N) is 1. The molecule has 0 saturated heterocycles. The molecule has 0 fully saturated rings. The van der Waals surface area contributed by atoms with Crippen LogP contribution in [0.4, 0.5) is 13.2 Å². The average molecular weight is 451 g/mol. The van der Waals surface area contributed by atoms with E-state index in [0.717, 1.165) is 11.3 Å². The molecule has 2 rings (SSSR count). The summed E-state index contributed by atoms with van der Waals surface area (Å²) in [6, 6.07) is 9.12. The van der Waals surface area contributed by atoms with E-state index in [1.807, 2.05) is 0 Å². The van der Waals surface area contributed by atoms with Crippen LogP contribution in [0.1, 0.15) is 18.4 Å². The van der Waals surface area contributed by atoms with Crippen LogP contribution in [-0.2, 0) is 21.4 Å². The lowest BCUT2D eigenvalue weighted by Crippen LogP contribution is -2.29. The number of alkyl halides is 3. The van der Waals surface area contributed by atoms with Gasteiger partial charge in [0, 0.05) is 26.6 Å². The number of carbonyl (C=O) groups excluding carboxylic acids is 1. The van der Waals surface area contributed by atoms with Crippen molar-refractivity contribution in [1.29, 1.82) is 0 Å². The maximum atomic E-state index is 12.3. The predicted octanol–water partition coefficient (Wildman–Crippen LogP) is 3.41. The summed E-state index contributed by atoms with van der Waals surface area (Å²) >= 11 is 1.14. The van der Waals surface area contributed by atoms with E-state index in [-0.39, 0.29) is 35.4 Å². The van der Waals surface area contributed by atoms with Crippen LogP contribution in [0, 0.1) is 0 Å². The van der Waals surface area contributed by atoms with Crippen LogP contribution in [0.25, 0.3) is 0 Å². The topological polar surface area (TPSA) is 75.7 Å². The molecule has 29 heavy (non-hydrogen) atoms. The molecule has 0 spiro atoms. The van der Waals surface area contributed by atoms with Crippen LogP contribution in [0.15, 0.2) is 46.0 Å². The van der Waals surface area contributed by atoms with Gasteiger partial charge in [-0.25, -0.2) is 12.7 Å². The number of nitrogens with one attached hydrogen (secondary N) is 1. The van der Waals surface area contributed by atoms with Crippen molar-refractivity contribution in [2.75, 3.05) is 20.2 Å². The summed E-state index contributed by atoms with van der Waals surface area (Å²) in [6.45, 7) is -0.944. The van der Waals surface area contributed by atoms with Gasteiger partial charge in [-0.05, 0) is 35.6 Å². The van der Waals surface area contributed by atoms with Crippen molar-refractivity contribution in [3.8, 4) is 5.75 Å². The highest BCUT2D eigenvalue weighted by atomic mass is 32.2. The molecule has 1 aromatic carbocycles. The second-order valence-corrected chi connectivity index (χ2v) is 9.41. The lowest BCUT2D eigenvalue weighted by molar-refractivity contribution is -0.153. The van der Waals surface area contributed by atoms with Crippen LogP contribution in [0.5, 0.6) is 5.75 Å². The van der Waals surface area contributed by atoms with Gasteiger partial charge in [-0.3, -0.25) is 4.79 Å². The van der Waals surface area contributed by atoms with Gasteiger partial charge < -0.3 is 10.1 Å². The highest BCUT2D eigenvalue weighted by Gasteiger charge is 2.28. The number of hydrogen-bond donors (Lipinski definition) is 1. The highest BCUT2D eigenvalue weighted by molar-refractivity contribution is 7.91. The minimum atomic E-state index is -4.40. The summed E-state index contributed by atoms with van der Waals surface area (Å²) in [4.78, 5) is 11.9. The van der Waals surface area contributed by atoms with E-state index in [0.29, 0.717) is 12.0 Å². The first-order chi connectivity index (χ1) is 13.6. The number of ether oxygens (including phenoxy) is 1. The molecule has 1 amide bonds. The molecule has 2 aromatic rings. The van der Waals surface area contributed by atoms with Crippen LogP contribution in [0.2, 0.25) is 0 Å². The van der Waals surface area contributed by atoms with Crippen molar-refractivity contribution in [2.45, 2.75) is 29.8 Å². The first-order valence-electron chi connectivity index (χ1n) is 8.63. The maximum absolute atomic E-state index is 12.3. The summed E-state index contributed by atoms with van der Waals surface area (Å²) in [7, 11) is -2.06. The van der Waals surface area contributed by atoms with Crippen LogP contribution >= 0.6 is 11.3 Å². The van der Waals surface area contributed by atoms with Gasteiger partial charge in [-0.15, -0.1) is 11.3 Å². The fraction of sp³-hybridized carbons (Fsp3) is 0.389. The molecule has 1 aromatic heterocycles. The molecule has 160 valence electrons. The Hall–Kier alpha value is -2.11. The van der Waals surface area contributed by atoms with Gasteiger partial charge in [0.25, 0.3) is 10.0 Å². The number of benzene rings is 1. The van der Waals surface area contributed by atoms with Gasteiger partial charge in [0.1, 0.15) is 9.96 Å². The summed E-state index contributed by atoms with van der Waals surface area (Å²) in [6.07, 6.45) is -3.89. The zero-order valence-electron chi connectivity index (χ0n) is 15.6. The molecule has 1 N–H and O–H groups in total. The highest BCUT2D eigenvalue weighted by Crippen LogP contribution is 2.20. The average Bonchev–Trinajstić information content (AvgIpc) is 3.20. The number of rotatable bonds is 10. The molecule has 11 heteroatoms. The number of amides is 1. The van der Waals surface area contributed by atoms with Crippen molar-refractivity contribution in [2.24, 2.45) is 0 Å². The number of carbonyl (C=O) groups is 1. The van der Waals surface area contributed by atoms with Crippen LogP contribution in [0.3, 0.4) is 0 Å². The third-order valence-electron chi connectivity index (χ3n) is 3.85. The van der Waals surface area contributed by atoms with Gasteiger partial charge in [0.05, 0.1) is 0 Å². The van der Waals surface area contributed by atoms with E-state index in [9.17, 15) is 26.4 Å². The zero-order chi connectivity index (χ0) is 21.5. The minimum absolute atomic E-state index is 0.0902. The van der Waals surface area contributed by atoms with E-state index < -0.39 is 22.8 Å².